The Bertz CT molecular complexity index is 1850. The van der Waals surface area contributed by atoms with E-state index in [0.717, 1.165) is 5.39 Å². The number of halogens is 1. The van der Waals surface area contributed by atoms with E-state index in [1.807, 2.05) is 6.07 Å². The fourth-order valence-corrected chi connectivity index (χ4v) is 7.59. The Morgan fingerprint density at radius 3 is 2.37 bits per heavy atom. The average Bonchev–Trinajstić information content (AvgIpc) is 3.92. The summed E-state index contributed by atoms with van der Waals surface area (Å²) in [7, 11) is -2.67. The Kier molecular flexibility index (Phi) is 10.1. The van der Waals surface area contributed by atoms with Crippen LogP contribution in [0, 0.1) is 11.3 Å². The van der Waals surface area contributed by atoms with Gasteiger partial charge in [0.05, 0.1) is 13.7 Å². The summed E-state index contributed by atoms with van der Waals surface area (Å²) in [4.78, 5) is 60.8. The SMILES string of the molecule is C=CC1CC1(NC(=O)C1CC(Oc2nccc3cc(OC)ccc23)CN1C(=O)C(NC(=O)OC(C)(C)C)C(C)(C)C)C(=O)NS(=O)(=O)C1(Cl)CC1. The number of alkyl carbamates (subject to hydrolysis) is 1. The quantitative estimate of drug-likeness (QED) is 0.226. The maximum Gasteiger partial charge on any atom is 0.408 e. The van der Waals surface area contributed by atoms with Crippen molar-refractivity contribution in [2.75, 3.05) is 13.7 Å². The molecule has 5 rings (SSSR count). The first kappa shape index (κ1) is 38.1. The molecule has 3 N–H and O–H groups in total. The highest BCUT2D eigenvalue weighted by atomic mass is 35.5. The number of hydrogen-bond donors (Lipinski definition) is 3. The summed E-state index contributed by atoms with van der Waals surface area (Å²) in [5.74, 6) is -1.89. The van der Waals surface area contributed by atoms with E-state index in [1.54, 1.807) is 73.0 Å². The molecular weight excluding hydrogens is 702 g/mol. The zero-order valence-corrected chi connectivity index (χ0v) is 31.4. The van der Waals surface area contributed by atoms with Crippen molar-refractivity contribution in [3.63, 3.8) is 0 Å². The van der Waals surface area contributed by atoms with Crippen molar-refractivity contribution in [1.29, 1.82) is 0 Å². The zero-order valence-electron chi connectivity index (χ0n) is 29.9. The maximum absolute atomic E-state index is 14.4. The molecule has 1 aliphatic heterocycles. The first-order chi connectivity index (χ1) is 23.6. The Hall–Kier alpha value is -4.11. The first-order valence-electron chi connectivity index (χ1n) is 16.7. The van der Waals surface area contributed by atoms with Crippen molar-refractivity contribution < 1.29 is 41.8 Å². The maximum atomic E-state index is 14.4. The molecule has 1 aromatic carbocycles. The molecule has 16 heteroatoms. The number of carbonyl (C=O) groups excluding carboxylic acids is 4. The monoisotopic (exact) mass is 747 g/mol. The Morgan fingerprint density at radius 2 is 1.80 bits per heavy atom. The van der Waals surface area contributed by atoms with Gasteiger partial charge in [-0.3, -0.25) is 14.4 Å². The summed E-state index contributed by atoms with van der Waals surface area (Å²) in [5, 5.41) is 6.91. The van der Waals surface area contributed by atoms with Gasteiger partial charge >= 0.3 is 6.09 Å². The number of amides is 4. The van der Waals surface area contributed by atoms with E-state index >= 15 is 0 Å². The van der Waals surface area contributed by atoms with Gasteiger partial charge in [0.2, 0.25) is 17.7 Å². The molecule has 5 atom stereocenters. The number of alkyl halides is 1. The van der Waals surface area contributed by atoms with Crippen molar-refractivity contribution >= 4 is 56.2 Å². The molecule has 2 heterocycles. The number of nitrogens with zero attached hydrogens (tertiary/aromatic N) is 2. The molecule has 2 aliphatic carbocycles. The third-order valence-corrected chi connectivity index (χ3v) is 12.1. The molecule has 0 radical (unpaired) electrons. The Morgan fingerprint density at radius 1 is 1.12 bits per heavy atom. The van der Waals surface area contributed by atoms with E-state index in [2.05, 4.69) is 26.9 Å². The number of likely N-dealkylation sites (tertiary alicyclic amines) is 1. The minimum atomic E-state index is -4.23. The predicted molar refractivity (Wildman–Crippen MR) is 189 cm³/mol. The number of fused-ring (bicyclic) bond motifs is 1. The van der Waals surface area contributed by atoms with Crippen molar-refractivity contribution in [3.05, 3.63) is 43.1 Å². The minimum absolute atomic E-state index is 0.00532. The number of rotatable bonds is 11. The lowest BCUT2D eigenvalue weighted by Gasteiger charge is -2.36. The highest BCUT2D eigenvalue weighted by Crippen LogP contribution is 2.49. The molecule has 1 saturated heterocycles. The number of nitrogens with one attached hydrogen (secondary N) is 3. The van der Waals surface area contributed by atoms with Gasteiger partial charge in [0, 0.05) is 23.9 Å². The molecule has 2 saturated carbocycles. The summed E-state index contributed by atoms with van der Waals surface area (Å²) in [5.41, 5.74) is -3.29. The van der Waals surface area contributed by atoms with Crippen LogP contribution < -0.4 is 24.8 Å². The second kappa shape index (κ2) is 13.5. The van der Waals surface area contributed by atoms with Crippen LogP contribution in [0.15, 0.2) is 43.1 Å². The van der Waals surface area contributed by atoms with Crippen LogP contribution >= 0.6 is 11.6 Å². The van der Waals surface area contributed by atoms with Crippen molar-refractivity contribution in [3.8, 4) is 11.6 Å². The van der Waals surface area contributed by atoms with Gasteiger partial charge in [-0.25, -0.2) is 22.9 Å². The lowest BCUT2D eigenvalue weighted by atomic mass is 9.85. The molecule has 0 spiro atoms. The third kappa shape index (κ3) is 8.03. The van der Waals surface area contributed by atoms with Crippen LogP contribution in [0.5, 0.6) is 11.6 Å². The molecular formula is C35H46ClN5O9S. The fraction of sp³-hybridized carbons (Fsp3) is 0.571. The number of methoxy groups -OCH3 is 1. The van der Waals surface area contributed by atoms with Gasteiger partial charge in [-0.1, -0.05) is 38.4 Å². The first-order valence-corrected chi connectivity index (χ1v) is 18.6. The minimum Gasteiger partial charge on any atom is -0.497 e. The van der Waals surface area contributed by atoms with E-state index < -0.39 is 78.7 Å². The van der Waals surface area contributed by atoms with Gasteiger partial charge in [0.25, 0.3) is 15.9 Å². The second-order valence-electron chi connectivity index (χ2n) is 15.5. The Balaban J connectivity index is 1.45. The number of sulfonamides is 1. The van der Waals surface area contributed by atoms with Crippen molar-refractivity contribution in [1.82, 2.24) is 25.2 Å². The van der Waals surface area contributed by atoms with Gasteiger partial charge in [-0.2, -0.15) is 0 Å². The highest BCUT2D eigenvalue weighted by molar-refractivity contribution is 7.93. The van der Waals surface area contributed by atoms with Gasteiger partial charge in [0.1, 0.15) is 35.1 Å². The van der Waals surface area contributed by atoms with Crippen LogP contribution in [0.2, 0.25) is 0 Å². The van der Waals surface area contributed by atoms with E-state index in [4.69, 9.17) is 25.8 Å². The number of aromatic nitrogens is 1. The summed E-state index contributed by atoms with van der Waals surface area (Å²) < 4.78 is 43.3. The van der Waals surface area contributed by atoms with E-state index in [9.17, 15) is 27.6 Å². The van der Waals surface area contributed by atoms with Crippen LogP contribution in [0.1, 0.15) is 67.2 Å². The van der Waals surface area contributed by atoms with Gasteiger partial charge in [0.15, 0.2) is 4.21 Å². The number of ether oxygens (including phenoxy) is 3. The molecule has 4 amide bonds. The predicted octanol–water partition coefficient (Wildman–Crippen LogP) is 3.77. The van der Waals surface area contributed by atoms with Gasteiger partial charge in [-0.05, 0) is 75.1 Å². The van der Waals surface area contributed by atoms with E-state index in [0.29, 0.717) is 11.1 Å². The van der Waals surface area contributed by atoms with Crippen LogP contribution in [0.4, 0.5) is 4.79 Å². The van der Waals surface area contributed by atoms with Crippen LogP contribution in [-0.2, 0) is 29.1 Å². The van der Waals surface area contributed by atoms with Gasteiger partial charge in [-0.15, -0.1) is 6.58 Å². The lowest BCUT2D eigenvalue weighted by molar-refractivity contribution is -0.143. The summed E-state index contributed by atoms with van der Waals surface area (Å²) >= 11 is 6.14. The smallest absolute Gasteiger partial charge is 0.408 e. The molecule has 3 fully saturated rings. The summed E-state index contributed by atoms with van der Waals surface area (Å²) in [6.07, 6.45) is 1.95. The Labute approximate surface area is 303 Å². The molecule has 5 unspecified atom stereocenters. The molecule has 0 bridgehead atoms. The number of pyridine rings is 1. The van der Waals surface area contributed by atoms with Crippen LogP contribution in [-0.4, -0.2) is 89.3 Å². The fourth-order valence-electron chi connectivity index (χ4n) is 6.13. The largest absolute Gasteiger partial charge is 0.497 e. The normalized spacial score (nSPS) is 24.5. The molecule has 51 heavy (non-hydrogen) atoms. The van der Waals surface area contributed by atoms with E-state index in [-0.39, 0.29) is 38.1 Å². The van der Waals surface area contributed by atoms with Crippen LogP contribution in [0.25, 0.3) is 10.8 Å². The van der Waals surface area contributed by atoms with Crippen molar-refractivity contribution in [2.24, 2.45) is 11.3 Å². The third-order valence-electron chi connectivity index (χ3n) is 9.24. The van der Waals surface area contributed by atoms with Crippen molar-refractivity contribution in [2.45, 2.75) is 101 Å². The second-order valence-corrected chi connectivity index (χ2v) is 18.4. The highest BCUT2D eigenvalue weighted by Gasteiger charge is 2.63. The molecule has 2 aromatic rings. The number of hydrogen-bond acceptors (Lipinski definition) is 10. The zero-order chi connectivity index (χ0) is 37.7. The van der Waals surface area contributed by atoms with Gasteiger partial charge < -0.3 is 29.7 Å². The molecule has 1 aromatic heterocycles. The number of benzene rings is 1. The standard InChI is InChI=1S/C35H46ClN5O9S/c1-9-21-18-35(21,30(44)40-51(46,47)34(36)13-14-34)39-27(42)25-17-23(49-28-24-11-10-22(48-8)16-20(24)12-15-37-28)19-41(25)29(43)26(32(2,3)4)38-31(45)50-33(5,6)7/h9-12,15-16,21,23,25-26H,1,13-14,17-19H2,2-8H3,(H,38,45)(H,39,42)(H,40,44). The number of carbonyl (C=O) groups is 4. The van der Waals surface area contributed by atoms with E-state index in [1.165, 1.54) is 11.0 Å². The molecule has 3 aliphatic rings. The molecule has 14 nitrogen and oxygen atoms in total. The lowest BCUT2D eigenvalue weighted by Crippen LogP contribution is -2.60. The summed E-state index contributed by atoms with van der Waals surface area (Å²) in [6.45, 7) is 14.1. The topological polar surface area (TPSA) is 182 Å². The summed E-state index contributed by atoms with van der Waals surface area (Å²) in [6, 6.07) is 4.87. The van der Waals surface area contributed by atoms with Crippen LogP contribution in [0.3, 0.4) is 0 Å². The molecule has 278 valence electrons. The average molecular weight is 748 g/mol.